The lowest BCUT2D eigenvalue weighted by atomic mass is 10.3. The van der Waals surface area contributed by atoms with Gasteiger partial charge in [0.05, 0.1) is 11.9 Å². The highest BCUT2D eigenvalue weighted by Gasteiger charge is 2.24. The molecule has 3 heterocycles. The van der Waals surface area contributed by atoms with E-state index in [0.29, 0.717) is 6.54 Å². The van der Waals surface area contributed by atoms with Crippen LogP contribution in [0.3, 0.4) is 0 Å². The lowest BCUT2D eigenvalue weighted by Crippen LogP contribution is -2.40. The number of nitrogens with one attached hydrogen (secondary N) is 2. The highest BCUT2D eigenvalue weighted by molar-refractivity contribution is 5.89. The zero-order chi connectivity index (χ0) is 15.4. The zero-order valence-electron chi connectivity index (χ0n) is 11.9. The van der Waals surface area contributed by atoms with Gasteiger partial charge in [0.1, 0.15) is 5.82 Å². The second-order valence-corrected chi connectivity index (χ2v) is 5.07. The molecule has 2 amide bonds. The van der Waals surface area contributed by atoms with Gasteiger partial charge >= 0.3 is 6.03 Å². The maximum atomic E-state index is 13.4. The van der Waals surface area contributed by atoms with Crippen molar-refractivity contribution in [3.05, 3.63) is 48.7 Å². The fourth-order valence-electron chi connectivity index (χ4n) is 2.45. The van der Waals surface area contributed by atoms with Crippen molar-refractivity contribution in [1.29, 1.82) is 0 Å². The molecule has 0 spiro atoms. The standard InChI is InChI=1S/C15H16FN5O/c16-12-9-17-7-4-13(12)20-15(22)19-11-5-8-21(10-11)14-3-1-2-6-18-14/h1-4,6-7,9,11H,5,8,10H2,(H2,17,19,20,22)/t11-/m0/s1. The first-order chi connectivity index (χ1) is 10.7. The van der Waals surface area contributed by atoms with Crippen LogP contribution >= 0.6 is 0 Å². The third kappa shape index (κ3) is 3.30. The lowest BCUT2D eigenvalue weighted by Gasteiger charge is -2.18. The number of amides is 2. The van der Waals surface area contributed by atoms with Crippen LogP contribution in [0.15, 0.2) is 42.9 Å². The first-order valence-corrected chi connectivity index (χ1v) is 7.05. The average molecular weight is 301 g/mol. The maximum absolute atomic E-state index is 13.4. The van der Waals surface area contributed by atoms with Crippen LogP contribution in [0.25, 0.3) is 0 Å². The van der Waals surface area contributed by atoms with Crippen LogP contribution in [0, 0.1) is 5.82 Å². The van der Waals surface area contributed by atoms with Gasteiger partial charge in [-0.1, -0.05) is 6.07 Å². The Morgan fingerprint density at radius 2 is 2.23 bits per heavy atom. The summed E-state index contributed by atoms with van der Waals surface area (Å²) >= 11 is 0. The molecule has 1 aliphatic heterocycles. The van der Waals surface area contributed by atoms with Crippen molar-refractivity contribution in [2.24, 2.45) is 0 Å². The highest BCUT2D eigenvalue weighted by atomic mass is 19.1. The first kappa shape index (κ1) is 14.2. The van der Waals surface area contributed by atoms with Gasteiger partial charge in [-0.3, -0.25) is 4.98 Å². The molecule has 0 radical (unpaired) electrons. The van der Waals surface area contributed by atoms with E-state index in [2.05, 4.69) is 25.5 Å². The average Bonchev–Trinajstić information content (AvgIpc) is 2.99. The number of hydrogen-bond acceptors (Lipinski definition) is 4. The number of carbonyl (C=O) groups is 1. The van der Waals surface area contributed by atoms with Gasteiger partial charge in [0.2, 0.25) is 0 Å². The van der Waals surface area contributed by atoms with E-state index < -0.39 is 11.8 Å². The van der Waals surface area contributed by atoms with Crippen molar-refractivity contribution in [2.45, 2.75) is 12.5 Å². The summed E-state index contributed by atoms with van der Waals surface area (Å²) in [5.41, 5.74) is 0.118. The second-order valence-electron chi connectivity index (χ2n) is 5.07. The van der Waals surface area contributed by atoms with Crippen molar-refractivity contribution >= 4 is 17.5 Å². The molecule has 2 N–H and O–H groups in total. The number of anilines is 2. The van der Waals surface area contributed by atoms with Crippen LogP contribution in [0.1, 0.15) is 6.42 Å². The molecular formula is C15H16FN5O. The minimum absolute atomic E-state index is 0.00639. The van der Waals surface area contributed by atoms with E-state index in [0.717, 1.165) is 25.0 Å². The molecule has 0 bridgehead atoms. The molecule has 1 aliphatic rings. The third-order valence-corrected chi connectivity index (χ3v) is 3.52. The number of pyridine rings is 2. The Kier molecular flexibility index (Phi) is 4.13. The number of urea groups is 1. The maximum Gasteiger partial charge on any atom is 0.319 e. The van der Waals surface area contributed by atoms with E-state index in [1.54, 1.807) is 6.20 Å². The number of halogens is 1. The summed E-state index contributed by atoms with van der Waals surface area (Å²) in [6, 6.07) is 6.75. The smallest absolute Gasteiger partial charge is 0.319 e. The number of carbonyl (C=O) groups excluding carboxylic acids is 1. The van der Waals surface area contributed by atoms with Crippen LogP contribution in [0.5, 0.6) is 0 Å². The Balaban J connectivity index is 1.54. The molecule has 114 valence electrons. The number of hydrogen-bond donors (Lipinski definition) is 2. The van der Waals surface area contributed by atoms with Crippen LogP contribution in [-0.4, -0.2) is 35.1 Å². The molecule has 0 unspecified atom stereocenters. The molecule has 2 aromatic heterocycles. The van der Waals surface area contributed by atoms with Gasteiger partial charge in [0.15, 0.2) is 5.82 Å². The Morgan fingerprint density at radius 1 is 1.32 bits per heavy atom. The largest absolute Gasteiger partial charge is 0.354 e. The van der Waals surface area contributed by atoms with Gasteiger partial charge in [0, 0.05) is 31.5 Å². The summed E-state index contributed by atoms with van der Waals surface area (Å²) in [6.07, 6.45) is 5.06. The van der Waals surface area contributed by atoms with Crippen molar-refractivity contribution in [3.63, 3.8) is 0 Å². The fraction of sp³-hybridized carbons (Fsp3) is 0.267. The van der Waals surface area contributed by atoms with Crippen molar-refractivity contribution in [2.75, 3.05) is 23.3 Å². The molecule has 22 heavy (non-hydrogen) atoms. The fourth-order valence-corrected chi connectivity index (χ4v) is 2.45. The van der Waals surface area contributed by atoms with Gasteiger partial charge in [-0.2, -0.15) is 0 Å². The second kappa shape index (κ2) is 6.38. The molecule has 0 saturated carbocycles. The van der Waals surface area contributed by atoms with Crippen molar-refractivity contribution in [3.8, 4) is 0 Å². The highest BCUT2D eigenvalue weighted by Crippen LogP contribution is 2.17. The predicted octanol–water partition coefficient (Wildman–Crippen LogP) is 2.02. The molecular weight excluding hydrogens is 285 g/mol. The Morgan fingerprint density at radius 3 is 3.00 bits per heavy atom. The molecule has 0 aromatic carbocycles. The minimum atomic E-state index is -0.556. The summed E-state index contributed by atoms with van der Waals surface area (Å²) in [5.74, 6) is 0.339. The van der Waals surface area contributed by atoms with E-state index in [-0.39, 0.29) is 11.7 Å². The van der Waals surface area contributed by atoms with E-state index in [1.807, 2.05) is 18.2 Å². The van der Waals surface area contributed by atoms with E-state index in [1.165, 1.54) is 12.3 Å². The summed E-state index contributed by atoms with van der Waals surface area (Å²) in [6.45, 7) is 1.51. The third-order valence-electron chi connectivity index (χ3n) is 3.52. The zero-order valence-corrected chi connectivity index (χ0v) is 11.9. The van der Waals surface area contributed by atoms with Gasteiger partial charge in [-0.05, 0) is 24.6 Å². The van der Waals surface area contributed by atoms with E-state index >= 15 is 0 Å². The van der Waals surface area contributed by atoms with Gasteiger partial charge in [-0.25, -0.2) is 14.2 Å². The monoisotopic (exact) mass is 301 g/mol. The molecule has 0 aliphatic carbocycles. The number of nitrogens with zero attached hydrogens (tertiary/aromatic N) is 3. The van der Waals surface area contributed by atoms with Gasteiger partial charge in [0.25, 0.3) is 0 Å². The first-order valence-electron chi connectivity index (χ1n) is 7.05. The normalized spacial score (nSPS) is 17.3. The van der Waals surface area contributed by atoms with E-state index in [4.69, 9.17) is 0 Å². The summed E-state index contributed by atoms with van der Waals surface area (Å²) in [5, 5.41) is 5.34. The van der Waals surface area contributed by atoms with Gasteiger partial charge < -0.3 is 15.5 Å². The SMILES string of the molecule is O=C(Nc1ccncc1F)N[C@H]1CCN(c2ccccn2)C1. The van der Waals surface area contributed by atoms with Crippen molar-refractivity contribution < 1.29 is 9.18 Å². The minimum Gasteiger partial charge on any atom is -0.354 e. The van der Waals surface area contributed by atoms with E-state index in [9.17, 15) is 9.18 Å². The van der Waals surface area contributed by atoms with Crippen LogP contribution in [-0.2, 0) is 0 Å². The molecule has 6 nitrogen and oxygen atoms in total. The van der Waals surface area contributed by atoms with Crippen LogP contribution in [0.2, 0.25) is 0 Å². The molecule has 1 atom stereocenters. The molecule has 3 rings (SSSR count). The Labute approximate surface area is 127 Å². The summed E-state index contributed by atoms with van der Waals surface area (Å²) in [4.78, 5) is 22.0. The quantitative estimate of drug-likeness (QED) is 0.910. The topological polar surface area (TPSA) is 70.2 Å². The van der Waals surface area contributed by atoms with Crippen LogP contribution < -0.4 is 15.5 Å². The lowest BCUT2D eigenvalue weighted by molar-refractivity contribution is 0.249. The Hall–Kier alpha value is -2.70. The molecule has 1 fully saturated rings. The van der Waals surface area contributed by atoms with Crippen molar-refractivity contribution in [1.82, 2.24) is 15.3 Å². The van der Waals surface area contributed by atoms with Gasteiger partial charge in [-0.15, -0.1) is 0 Å². The summed E-state index contributed by atoms with van der Waals surface area (Å²) in [7, 11) is 0. The van der Waals surface area contributed by atoms with Crippen LogP contribution in [0.4, 0.5) is 20.7 Å². The Bertz CT molecular complexity index is 651. The molecule has 1 saturated heterocycles. The molecule has 7 heteroatoms. The predicted molar refractivity (Wildman–Crippen MR) is 81.2 cm³/mol. The number of rotatable bonds is 3. The number of aromatic nitrogens is 2. The molecule has 2 aromatic rings. The summed E-state index contributed by atoms with van der Waals surface area (Å²) < 4.78 is 13.4.